The third kappa shape index (κ3) is 2.31. The molecule has 1 aliphatic rings. The number of non-ortho nitro benzene ring substituents is 1. The Bertz CT molecular complexity index is 657. The van der Waals surface area contributed by atoms with Gasteiger partial charge >= 0.3 is 0 Å². The lowest BCUT2D eigenvalue weighted by Crippen LogP contribution is -2.05. The SMILES string of the molecule is CCCC1CC1Nc1ccc([N+](=O)[O-])c2cnccc12. The summed E-state index contributed by atoms with van der Waals surface area (Å²) in [5, 5.41) is 16.0. The molecular formula is C15H17N3O2. The molecule has 1 aliphatic carbocycles. The highest BCUT2D eigenvalue weighted by molar-refractivity contribution is 5.99. The topological polar surface area (TPSA) is 68.1 Å². The Hall–Kier alpha value is -2.17. The molecule has 2 aromatic rings. The van der Waals surface area contributed by atoms with E-state index in [0.29, 0.717) is 11.4 Å². The highest BCUT2D eigenvalue weighted by Gasteiger charge is 2.36. The first-order valence-electron chi connectivity index (χ1n) is 6.98. The fourth-order valence-corrected chi connectivity index (χ4v) is 2.77. The van der Waals surface area contributed by atoms with Crippen molar-refractivity contribution in [3.63, 3.8) is 0 Å². The monoisotopic (exact) mass is 271 g/mol. The number of benzene rings is 1. The van der Waals surface area contributed by atoms with E-state index in [0.717, 1.165) is 17.0 Å². The van der Waals surface area contributed by atoms with Crippen LogP contribution in [-0.2, 0) is 0 Å². The maximum absolute atomic E-state index is 11.1. The van der Waals surface area contributed by atoms with E-state index in [9.17, 15) is 10.1 Å². The minimum Gasteiger partial charge on any atom is -0.382 e. The lowest BCUT2D eigenvalue weighted by atomic mass is 10.1. The van der Waals surface area contributed by atoms with Gasteiger partial charge in [-0.05, 0) is 30.9 Å². The number of nitrogens with one attached hydrogen (secondary N) is 1. The van der Waals surface area contributed by atoms with Crippen molar-refractivity contribution in [1.29, 1.82) is 0 Å². The number of nitro groups is 1. The maximum atomic E-state index is 11.1. The molecule has 1 aromatic heterocycles. The van der Waals surface area contributed by atoms with E-state index in [-0.39, 0.29) is 10.6 Å². The van der Waals surface area contributed by atoms with Gasteiger partial charge in [-0.2, -0.15) is 0 Å². The molecule has 1 N–H and O–H groups in total. The Morgan fingerprint density at radius 2 is 2.25 bits per heavy atom. The third-order valence-corrected chi connectivity index (χ3v) is 3.91. The van der Waals surface area contributed by atoms with Crippen LogP contribution < -0.4 is 5.32 Å². The number of pyridine rings is 1. The van der Waals surface area contributed by atoms with Gasteiger partial charge in [-0.25, -0.2) is 0 Å². The summed E-state index contributed by atoms with van der Waals surface area (Å²) in [6.07, 6.45) is 6.87. The van der Waals surface area contributed by atoms with Gasteiger partial charge in [0.05, 0.1) is 10.3 Å². The van der Waals surface area contributed by atoms with Crippen molar-refractivity contribution in [2.75, 3.05) is 5.32 Å². The van der Waals surface area contributed by atoms with Crippen LogP contribution in [0.4, 0.5) is 11.4 Å². The number of hydrogen-bond donors (Lipinski definition) is 1. The van der Waals surface area contributed by atoms with Crippen molar-refractivity contribution >= 4 is 22.1 Å². The van der Waals surface area contributed by atoms with Gasteiger partial charge in [-0.1, -0.05) is 13.3 Å². The highest BCUT2D eigenvalue weighted by Crippen LogP contribution is 2.39. The Labute approximate surface area is 117 Å². The van der Waals surface area contributed by atoms with Crippen molar-refractivity contribution < 1.29 is 4.92 Å². The number of nitrogens with zero attached hydrogens (tertiary/aromatic N) is 2. The normalized spacial score (nSPS) is 20.9. The molecule has 2 unspecified atom stereocenters. The molecule has 1 fully saturated rings. The summed E-state index contributed by atoms with van der Waals surface area (Å²) in [4.78, 5) is 14.7. The van der Waals surface area contributed by atoms with Crippen LogP contribution in [0.2, 0.25) is 0 Å². The molecule has 0 bridgehead atoms. The second kappa shape index (κ2) is 5.07. The smallest absolute Gasteiger partial charge is 0.278 e. The van der Waals surface area contributed by atoms with Crippen LogP contribution in [0.25, 0.3) is 10.8 Å². The number of nitro benzene ring substituents is 1. The van der Waals surface area contributed by atoms with Crippen LogP contribution in [0.3, 0.4) is 0 Å². The van der Waals surface area contributed by atoms with E-state index in [1.807, 2.05) is 12.1 Å². The molecule has 5 nitrogen and oxygen atoms in total. The molecule has 20 heavy (non-hydrogen) atoms. The quantitative estimate of drug-likeness (QED) is 0.664. The van der Waals surface area contributed by atoms with Crippen molar-refractivity contribution in [3.8, 4) is 0 Å². The number of fused-ring (bicyclic) bond motifs is 1. The van der Waals surface area contributed by atoms with E-state index in [2.05, 4.69) is 17.2 Å². The van der Waals surface area contributed by atoms with Gasteiger partial charge in [0.2, 0.25) is 0 Å². The number of aromatic nitrogens is 1. The van der Waals surface area contributed by atoms with Gasteiger partial charge in [0, 0.05) is 35.6 Å². The first-order valence-corrected chi connectivity index (χ1v) is 6.98. The van der Waals surface area contributed by atoms with Gasteiger partial charge < -0.3 is 5.32 Å². The predicted octanol–water partition coefficient (Wildman–Crippen LogP) is 3.74. The van der Waals surface area contributed by atoms with Crippen LogP contribution in [0, 0.1) is 16.0 Å². The molecule has 104 valence electrons. The summed E-state index contributed by atoms with van der Waals surface area (Å²) in [6, 6.07) is 5.71. The minimum absolute atomic E-state index is 0.111. The summed E-state index contributed by atoms with van der Waals surface area (Å²) in [5.41, 5.74) is 1.08. The van der Waals surface area contributed by atoms with Crippen LogP contribution in [0.15, 0.2) is 30.6 Å². The summed E-state index contributed by atoms with van der Waals surface area (Å²) in [5.74, 6) is 0.743. The molecule has 1 heterocycles. The van der Waals surface area contributed by atoms with Gasteiger partial charge in [0.25, 0.3) is 5.69 Å². The second-order valence-corrected chi connectivity index (χ2v) is 5.35. The van der Waals surface area contributed by atoms with E-state index in [4.69, 9.17) is 0 Å². The Balaban J connectivity index is 1.93. The van der Waals surface area contributed by atoms with Crippen LogP contribution in [0.1, 0.15) is 26.2 Å². The van der Waals surface area contributed by atoms with Crippen LogP contribution in [-0.4, -0.2) is 15.9 Å². The molecule has 2 atom stereocenters. The molecule has 0 amide bonds. The molecule has 0 spiro atoms. The van der Waals surface area contributed by atoms with E-state index < -0.39 is 0 Å². The summed E-state index contributed by atoms with van der Waals surface area (Å²) in [6.45, 7) is 2.20. The van der Waals surface area contributed by atoms with Crippen molar-refractivity contribution in [1.82, 2.24) is 4.98 Å². The lowest BCUT2D eigenvalue weighted by Gasteiger charge is -2.09. The summed E-state index contributed by atoms with van der Waals surface area (Å²) in [7, 11) is 0. The molecular weight excluding hydrogens is 254 g/mol. The Morgan fingerprint density at radius 3 is 3.00 bits per heavy atom. The summed E-state index contributed by atoms with van der Waals surface area (Å²) < 4.78 is 0. The molecule has 1 aromatic carbocycles. The van der Waals surface area contributed by atoms with Crippen molar-refractivity contribution in [2.45, 2.75) is 32.2 Å². The number of hydrogen-bond acceptors (Lipinski definition) is 4. The number of rotatable bonds is 5. The van der Waals surface area contributed by atoms with Gasteiger partial charge in [-0.15, -0.1) is 0 Å². The Kier molecular flexibility index (Phi) is 3.26. The molecule has 1 saturated carbocycles. The minimum atomic E-state index is -0.356. The predicted molar refractivity (Wildman–Crippen MR) is 78.8 cm³/mol. The highest BCUT2D eigenvalue weighted by atomic mass is 16.6. The van der Waals surface area contributed by atoms with E-state index >= 15 is 0 Å². The fourth-order valence-electron chi connectivity index (χ4n) is 2.77. The largest absolute Gasteiger partial charge is 0.382 e. The first kappa shape index (κ1) is 12.8. The average Bonchev–Trinajstić information content (AvgIpc) is 3.17. The van der Waals surface area contributed by atoms with E-state index in [1.165, 1.54) is 19.3 Å². The standard InChI is InChI=1S/C15H17N3O2/c1-2-3-10-8-14(10)17-13-4-5-15(18(19)20)12-9-16-7-6-11(12)13/h4-7,9-10,14,17H,2-3,8H2,1H3. The molecule has 5 heteroatoms. The third-order valence-electron chi connectivity index (χ3n) is 3.91. The zero-order chi connectivity index (χ0) is 14.1. The molecule has 0 saturated heterocycles. The number of anilines is 1. The van der Waals surface area contributed by atoms with Crippen LogP contribution >= 0.6 is 0 Å². The second-order valence-electron chi connectivity index (χ2n) is 5.35. The zero-order valence-corrected chi connectivity index (χ0v) is 11.4. The van der Waals surface area contributed by atoms with Crippen LogP contribution in [0.5, 0.6) is 0 Å². The van der Waals surface area contributed by atoms with Gasteiger partial charge in [0.15, 0.2) is 0 Å². The Morgan fingerprint density at radius 1 is 1.40 bits per heavy atom. The van der Waals surface area contributed by atoms with Crippen molar-refractivity contribution in [3.05, 3.63) is 40.7 Å². The zero-order valence-electron chi connectivity index (χ0n) is 11.4. The lowest BCUT2D eigenvalue weighted by molar-refractivity contribution is -0.383. The molecule has 3 rings (SSSR count). The first-order chi connectivity index (χ1) is 9.70. The average molecular weight is 271 g/mol. The van der Waals surface area contributed by atoms with Crippen molar-refractivity contribution in [2.24, 2.45) is 5.92 Å². The summed E-state index contributed by atoms with van der Waals surface area (Å²) >= 11 is 0. The van der Waals surface area contributed by atoms with E-state index in [1.54, 1.807) is 18.5 Å². The molecule has 0 aliphatic heterocycles. The van der Waals surface area contributed by atoms with Gasteiger partial charge in [0.1, 0.15) is 0 Å². The fraction of sp³-hybridized carbons (Fsp3) is 0.400. The van der Waals surface area contributed by atoms with Gasteiger partial charge in [-0.3, -0.25) is 15.1 Å². The molecule has 0 radical (unpaired) electrons. The maximum Gasteiger partial charge on any atom is 0.278 e.